The highest BCUT2D eigenvalue weighted by molar-refractivity contribution is 5.81. The van der Waals surface area contributed by atoms with Gasteiger partial charge < -0.3 is 25.1 Å². The normalized spacial score (nSPS) is 33.4. The molecule has 0 saturated carbocycles. The molecule has 3 N–H and O–H groups in total. The van der Waals surface area contributed by atoms with E-state index in [1.807, 2.05) is 13.8 Å². The number of hydrogen-bond acceptors (Lipinski definition) is 8. The van der Waals surface area contributed by atoms with Crippen LogP contribution in [0.1, 0.15) is 20.1 Å². The van der Waals surface area contributed by atoms with Crippen LogP contribution >= 0.6 is 0 Å². The molecule has 0 unspecified atom stereocenters. The minimum absolute atomic E-state index is 0.152. The van der Waals surface area contributed by atoms with E-state index in [0.717, 1.165) is 0 Å². The largest absolute Gasteiger partial charge is 0.394 e. The topological polar surface area (TPSA) is 118 Å². The minimum atomic E-state index is -0.727. The third kappa shape index (κ3) is 1.90. The molecule has 4 atom stereocenters. The lowest BCUT2D eigenvalue weighted by Gasteiger charge is -2.24. The molecule has 9 nitrogen and oxygen atoms in total. The quantitative estimate of drug-likeness (QED) is 0.784. The van der Waals surface area contributed by atoms with Crippen molar-refractivity contribution >= 4 is 17.0 Å². The summed E-state index contributed by atoms with van der Waals surface area (Å²) >= 11 is 0. The Morgan fingerprint density at radius 3 is 2.82 bits per heavy atom. The van der Waals surface area contributed by atoms with Crippen LogP contribution in [-0.2, 0) is 14.2 Å². The van der Waals surface area contributed by atoms with Gasteiger partial charge in [-0.25, -0.2) is 15.0 Å². The smallest absolute Gasteiger partial charge is 0.167 e. The lowest BCUT2D eigenvalue weighted by atomic mass is 10.1. The van der Waals surface area contributed by atoms with Gasteiger partial charge in [0, 0.05) is 0 Å². The molecule has 4 heterocycles. The summed E-state index contributed by atoms with van der Waals surface area (Å²) in [6.45, 7) is 3.52. The van der Waals surface area contributed by atoms with E-state index in [4.69, 9.17) is 19.9 Å². The Balaban J connectivity index is 1.77. The van der Waals surface area contributed by atoms with E-state index >= 15 is 0 Å². The van der Waals surface area contributed by atoms with E-state index in [9.17, 15) is 5.11 Å². The molecule has 4 rings (SSSR count). The Morgan fingerprint density at radius 2 is 2.05 bits per heavy atom. The Morgan fingerprint density at radius 1 is 1.27 bits per heavy atom. The second kappa shape index (κ2) is 4.59. The number of nitrogens with two attached hydrogens (primary N) is 1. The second-order valence-electron chi connectivity index (χ2n) is 5.90. The number of hydrogen-bond donors (Lipinski definition) is 2. The van der Waals surface area contributed by atoms with Crippen LogP contribution in [0.4, 0.5) is 5.82 Å². The number of rotatable bonds is 2. The van der Waals surface area contributed by atoms with E-state index in [0.29, 0.717) is 17.0 Å². The number of anilines is 1. The summed E-state index contributed by atoms with van der Waals surface area (Å²) in [4.78, 5) is 12.4. The molecule has 0 bridgehead atoms. The molecule has 9 heteroatoms. The average Bonchev–Trinajstić information content (AvgIpc) is 3.10. The van der Waals surface area contributed by atoms with Crippen LogP contribution in [0.2, 0.25) is 0 Å². The van der Waals surface area contributed by atoms with Crippen molar-refractivity contribution in [2.24, 2.45) is 0 Å². The van der Waals surface area contributed by atoms with Crippen LogP contribution in [-0.4, -0.2) is 55.3 Å². The van der Waals surface area contributed by atoms with Crippen LogP contribution in [0, 0.1) is 0 Å². The maximum Gasteiger partial charge on any atom is 0.167 e. The van der Waals surface area contributed by atoms with Gasteiger partial charge in [0.25, 0.3) is 0 Å². The Labute approximate surface area is 126 Å². The molecule has 0 amide bonds. The predicted molar refractivity (Wildman–Crippen MR) is 74.6 cm³/mol. The third-order valence-electron chi connectivity index (χ3n) is 3.97. The lowest BCUT2D eigenvalue weighted by Crippen LogP contribution is -2.31. The van der Waals surface area contributed by atoms with Gasteiger partial charge in [0.15, 0.2) is 23.5 Å². The van der Waals surface area contributed by atoms with Crippen molar-refractivity contribution in [3.63, 3.8) is 0 Å². The summed E-state index contributed by atoms with van der Waals surface area (Å²) in [5.41, 5.74) is 6.87. The zero-order valence-corrected chi connectivity index (χ0v) is 12.2. The first-order valence-electron chi connectivity index (χ1n) is 7.05. The summed E-state index contributed by atoms with van der Waals surface area (Å²) < 4.78 is 19.4. The maximum atomic E-state index is 9.52. The van der Waals surface area contributed by atoms with Crippen LogP contribution in [0.15, 0.2) is 12.7 Å². The van der Waals surface area contributed by atoms with E-state index in [2.05, 4.69) is 15.0 Å². The molecule has 0 radical (unpaired) electrons. The molecule has 2 saturated heterocycles. The number of fused-ring (bicyclic) bond motifs is 2. The highest BCUT2D eigenvalue weighted by atomic mass is 16.8. The predicted octanol–water partition coefficient (Wildman–Crippen LogP) is -0.182. The highest BCUT2D eigenvalue weighted by Crippen LogP contribution is 2.43. The monoisotopic (exact) mass is 307 g/mol. The number of aliphatic hydroxyl groups is 1. The average molecular weight is 307 g/mol. The van der Waals surface area contributed by atoms with Gasteiger partial charge in [0.05, 0.1) is 12.9 Å². The molecule has 22 heavy (non-hydrogen) atoms. The van der Waals surface area contributed by atoms with Crippen LogP contribution in [0.25, 0.3) is 11.2 Å². The van der Waals surface area contributed by atoms with E-state index < -0.39 is 18.1 Å². The highest BCUT2D eigenvalue weighted by Gasteiger charge is 2.55. The minimum Gasteiger partial charge on any atom is -0.394 e. The fraction of sp³-hybridized carbons (Fsp3) is 0.615. The summed E-state index contributed by atoms with van der Waals surface area (Å²) in [5, 5.41) is 9.52. The molecule has 2 fully saturated rings. The van der Waals surface area contributed by atoms with Gasteiger partial charge in [-0.3, -0.25) is 4.57 Å². The number of aliphatic hydroxyl groups excluding tert-OH is 1. The van der Waals surface area contributed by atoms with Crippen LogP contribution in [0.5, 0.6) is 0 Å². The van der Waals surface area contributed by atoms with Gasteiger partial charge in [-0.15, -0.1) is 0 Å². The number of imidazole rings is 1. The molecule has 2 aliphatic rings. The molecule has 118 valence electrons. The first kappa shape index (κ1) is 13.8. The van der Waals surface area contributed by atoms with Crippen molar-refractivity contribution in [2.45, 2.75) is 44.2 Å². The Kier molecular flexibility index (Phi) is 2.89. The fourth-order valence-corrected chi connectivity index (χ4v) is 3.09. The number of ether oxygens (including phenoxy) is 3. The van der Waals surface area contributed by atoms with E-state index in [-0.39, 0.29) is 18.8 Å². The maximum absolute atomic E-state index is 9.52. The van der Waals surface area contributed by atoms with Crippen molar-refractivity contribution in [1.29, 1.82) is 0 Å². The van der Waals surface area contributed by atoms with Crippen molar-refractivity contribution in [3.8, 4) is 0 Å². The molecule has 2 aromatic rings. The molecular weight excluding hydrogens is 290 g/mol. The van der Waals surface area contributed by atoms with Gasteiger partial charge in [-0.05, 0) is 13.8 Å². The molecule has 2 aromatic heterocycles. The number of nitrogen functional groups attached to an aromatic ring is 1. The van der Waals surface area contributed by atoms with Gasteiger partial charge in [0.2, 0.25) is 0 Å². The standard InChI is InChI=1S/C13H17N5O4/c1-13(2)21-8-6(3-19)20-12(9(8)22-13)18-5-17-7-10(14)15-4-16-11(7)18/h4-6,8-9,12,19H,3H2,1-2H3,(H2,14,15,16)/t6-,8-,9+,12-/m0/s1. The SMILES string of the molecule is CC1(C)O[C@@H]2[C@@H](O1)[C@@H](n1cnc3c(N)ncnc31)O[C@H]2CO. The molecular formula is C13H17N5O4. The van der Waals surface area contributed by atoms with Crippen LogP contribution in [0.3, 0.4) is 0 Å². The van der Waals surface area contributed by atoms with Gasteiger partial charge >= 0.3 is 0 Å². The van der Waals surface area contributed by atoms with Crippen molar-refractivity contribution in [2.75, 3.05) is 12.3 Å². The van der Waals surface area contributed by atoms with Gasteiger partial charge in [0.1, 0.15) is 30.2 Å². The summed E-state index contributed by atoms with van der Waals surface area (Å²) in [6.07, 6.45) is 1.30. The second-order valence-corrected chi connectivity index (χ2v) is 5.90. The first-order chi connectivity index (χ1) is 10.5. The molecule has 2 aliphatic heterocycles. The van der Waals surface area contributed by atoms with Gasteiger partial charge in [-0.2, -0.15) is 0 Å². The van der Waals surface area contributed by atoms with Crippen LogP contribution < -0.4 is 5.73 Å². The number of aromatic nitrogens is 4. The Hall–Kier alpha value is -1.81. The van der Waals surface area contributed by atoms with E-state index in [1.165, 1.54) is 6.33 Å². The molecule has 0 aromatic carbocycles. The lowest BCUT2D eigenvalue weighted by molar-refractivity contribution is -0.199. The van der Waals surface area contributed by atoms with Crippen molar-refractivity contribution in [1.82, 2.24) is 19.5 Å². The first-order valence-corrected chi connectivity index (χ1v) is 7.05. The van der Waals surface area contributed by atoms with Crippen molar-refractivity contribution < 1.29 is 19.3 Å². The summed E-state index contributed by atoms with van der Waals surface area (Å²) in [5.74, 6) is -0.421. The third-order valence-corrected chi connectivity index (χ3v) is 3.97. The fourth-order valence-electron chi connectivity index (χ4n) is 3.09. The Bertz CT molecular complexity index is 718. The molecule has 0 spiro atoms. The summed E-state index contributed by atoms with van der Waals surface area (Å²) in [6, 6.07) is 0. The zero-order valence-electron chi connectivity index (χ0n) is 12.2. The van der Waals surface area contributed by atoms with E-state index in [1.54, 1.807) is 10.9 Å². The molecule has 0 aliphatic carbocycles. The van der Waals surface area contributed by atoms with Gasteiger partial charge in [-0.1, -0.05) is 0 Å². The summed E-state index contributed by atoms with van der Waals surface area (Å²) in [7, 11) is 0. The van der Waals surface area contributed by atoms with Crippen molar-refractivity contribution in [3.05, 3.63) is 12.7 Å². The number of nitrogens with zero attached hydrogens (tertiary/aromatic N) is 4. The zero-order chi connectivity index (χ0) is 15.5.